The summed E-state index contributed by atoms with van der Waals surface area (Å²) in [5.41, 5.74) is 0.491. The van der Waals surface area contributed by atoms with Gasteiger partial charge < -0.3 is 5.32 Å². The molecule has 0 aliphatic heterocycles. The van der Waals surface area contributed by atoms with Crippen molar-refractivity contribution in [3.63, 3.8) is 0 Å². The van der Waals surface area contributed by atoms with Crippen LogP contribution in [-0.4, -0.2) is 41.8 Å². The van der Waals surface area contributed by atoms with Crippen LogP contribution in [0.3, 0.4) is 0 Å². The molecule has 10 nitrogen and oxygen atoms in total. The van der Waals surface area contributed by atoms with E-state index in [0.29, 0.717) is 16.6 Å². The molecule has 0 saturated carbocycles. The molecular formula is C20H19N7O3. The Balaban J connectivity index is 1.42. The minimum atomic E-state index is -0.758. The minimum Gasteiger partial charge on any atom is -0.352 e. The van der Waals surface area contributed by atoms with E-state index in [0.717, 1.165) is 0 Å². The van der Waals surface area contributed by atoms with Crippen LogP contribution in [0.25, 0.3) is 16.6 Å². The molecular weight excluding hydrogens is 386 g/mol. The van der Waals surface area contributed by atoms with Crippen LogP contribution in [0, 0.1) is 0 Å². The molecule has 1 N–H and O–H groups in total. The number of carbonyl (C=O) groups is 1. The lowest BCUT2D eigenvalue weighted by atomic mass is 10.2. The van der Waals surface area contributed by atoms with Gasteiger partial charge >= 0.3 is 5.69 Å². The summed E-state index contributed by atoms with van der Waals surface area (Å²) in [5, 5.41) is 10.9. The van der Waals surface area contributed by atoms with Crippen LogP contribution in [0.4, 0.5) is 0 Å². The largest absolute Gasteiger partial charge is 0.368 e. The molecule has 0 aliphatic carbocycles. The van der Waals surface area contributed by atoms with Gasteiger partial charge in [-0.15, -0.1) is 0 Å². The lowest BCUT2D eigenvalue weighted by Gasteiger charge is -2.15. The van der Waals surface area contributed by atoms with Gasteiger partial charge in [0.15, 0.2) is 0 Å². The number of hydrogen-bond acceptors (Lipinski definition) is 6. The van der Waals surface area contributed by atoms with Crippen molar-refractivity contribution in [3.8, 4) is 5.69 Å². The Morgan fingerprint density at radius 1 is 1.03 bits per heavy atom. The van der Waals surface area contributed by atoms with Crippen LogP contribution >= 0.6 is 0 Å². The van der Waals surface area contributed by atoms with Crippen molar-refractivity contribution in [2.24, 2.45) is 0 Å². The second kappa shape index (κ2) is 8.11. The van der Waals surface area contributed by atoms with E-state index in [1.54, 1.807) is 55.5 Å². The lowest BCUT2D eigenvalue weighted by molar-refractivity contribution is -0.124. The lowest BCUT2D eigenvalue weighted by Crippen LogP contribution is -2.38. The summed E-state index contributed by atoms with van der Waals surface area (Å²) in [5.74, 6) is -0.363. The molecule has 1 amide bonds. The van der Waals surface area contributed by atoms with Crippen LogP contribution < -0.4 is 16.6 Å². The predicted octanol–water partition coefficient (Wildman–Crippen LogP) is 0.516. The Bertz CT molecular complexity index is 1310. The Morgan fingerprint density at radius 3 is 2.57 bits per heavy atom. The normalized spacial score (nSPS) is 12.0. The number of benzene rings is 2. The molecule has 2 aromatic carbocycles. The highest BCUT2D eigenvalue weighted by molar-refractivity contribution is 5.81. The van der Waals surface area contributed by atoms with Gasteiger partial charge in [0.05, 0.1) is 29.5 Å². The highest BCUT2D eigenvalue weighted by atomic mass is 16.2. The van der Waals surface area contributed by atoms with Crippen LogP contribution in [0.15, 0.2) is 70.5 Å². The topological polar surface area (TPSA) is 117 Å². The van der Waals surface area contributed by atoms with Gasteiger partial charge in [0.25, 0.3) is 5.56 Å². The van der Waals surface area contributed by atoms with Crippen molar-refractivity contribution < 1.29 is 4.79 Å². The van der Waals surface area contributed by atoms with Gasteiger partial charge in [0.2, 0.25) is 5.91 Å². The summed E-state index contributed by atoms with van der Waals surface area (Å²) in [6.45, 7) is 1.92. The van der Waals surface area contributed by atoms with Gasteiger partial charge in [-0.1, -0.05) is 30.3 Å². The fourth-order valence-electron chi connectivity index (χ4n) is 3.06. The van der Waals surface area contributed by atoms with E-state index >= 15 is 0 Å². The third-order valence-electron chi connectivity index (χ3n) is 4.75. The first kappa shape index (κ1) is 19.2. The molecule has 10 heteroatoms. The number of rotatable bonds is 6. The van der Waals surface area contributed by atoms with E-state index in [4.69, 9.17) is 0 Å². The van der Waals surface area contributed by atoms with Gasteiger partial charge in [-0.25, -0.2) is 9.78 Å². The molecule has 0 fully saturated rings. The van der Waals surface area contributed by atoms with Crippen molar-refractivity contribution in [1.82, 2.24) is 34.7 Å². The molecule has 30 heavy (non-hydrogen) atoms. The monoisotopic (exact) mass is 405 g/mol. The Labute approximate surface area is 170 Å². The molecule has 0 spiro atoms. The number of hydrogen-bond donors (Lipinski definition) is 1. The highest BCUT2D eigenvalue weighted by Crippen LogP contribution is 2.08. The van der Waals surface area contributed by atoms with E-state index in [9.17, 15) is 14.4 Å². The number of tetrazole rings is 1. The Hall–Kier alpha value is -4.08. The minimum absolute atomic E-state index is 0.148. The molecule has 1 unspecified atom stereocenters. The number of carbonyl (C=O) groups excluding carboxylic acids is 1. The van der Waals surface area contributed by atoms with E-state index in [-0.39, 0.29) is 24.6 Å². The summed E-state index contributed by atoms with van der Waals surface area (Å²) in [6.07, 6.45) is 1.37. The summed E-state index contributed by atoms with van der Waals surface area (Å²) in [4.78, 5) is 41.8. The van der Waals surface area contributed by atoms with E-state index < -0.39 is 11.7 Å². The van der Waals surface area contributed by atoms with Gasteiger partial charge in [-0.3, -0.25) is 14.2 Å². The van der Waals surface area contributed by atoms with Crippen LogP contribution in [-0.2, 0) is 11.3 Å². The average Bonchev–Trinajstić information content (AvgIpc) is 3.14. The van der Waals surface area contributed by atoms with E-state index in [2.05, 4.69) is 20.7 Å². The molecule has 0 aliphatic rings. The molecule has 0 radical (unpaired) electrons. The van der Waals surface area contributed by atoms with Crippen LogP contribution in [0.2, 0.25) is 0 Å². The summed E-state index contributed by atoms with van der Waals surface area (Å²) < 4.78 is 3.64. The molecule has 1 atom stereocenters. The van der Waals surface area contributed by atoms with Gasteiger partial charge in [-0.2, -0.15) is 9.36 Å². The number of para-hydroxylation sites is 2. The zero-order chi connectivity index (χ0) is 21.1. The van der Waals surface area contributed by atoms with Crippen molar-refractivity contribution in [3.05, 3.63) is 81.8 Å². The van der Waals surface area contributed by atoms with Crippen molar-refractivity contribution in [2.75, 3.05) is 6.54 Å². The second-order valence-electron chi connectivity index (χ2n) is 6.67. The molecule has 0 bridgehead atoms. The third kappa shape index (κ3) is 3.62. The van der Waals surface area contributed by atoms with Gasteiger partial charge in [0.1, 0.15) is 6.04 Å². The van der Waals surface area contributed by atoms with E-state index in [1.165, 1.54) is 20.3 Å². The summed E-state index contributed by atoms with van der Waals surface area (Å²) in [6, 6.07) is 15.1. The number of fused-ring (bicyclic) bond motifs is 1. The zero-order valence-corrected chi connectivity index (χ0v) is 16.2. The average molecular weight is 405 g/mol. The fourth-order valence-corrected chi connectivity index (χ4v) is 3.06. The van der Waals surface area contributed by atoms with Crippen LogP contribution in [0.1, 0.15) is 13.0 Å². The third-order valence-corrected chi connectivity index (χ3v) is 4.75. The van der Waals surface area contributed by atoms with Crippen molar-refractivity contribution >= 4 is 16.8 Å². The Morgan fingerprint density at radius 2 is 1.77 bits per heavy atom. The quantitative estimate of drug-likeness (QED) is 0.500. The van der Waals surface area contributed by atoms with Crippen LogP contribution in [0.5, 0.6) is 0 Å². The first-order chi connectivity index (χ1) is 14.6. The maximum atomic E-state index is 12.6. The molecule has 0 saturated heterocycles. The molecule has 152 valence electrons. The Kier molecular flexibility index (Phi) is 5.21. The molecule has 2 aromatic heterocycles. The highest BCUT2D eigenvalue weighted by Gasteiger charge is 2.17. The molecule has 4 rings (SSSR count). The van der Waals surface area contributed by atoms with Crippen molar-refractivity contribution in [2.45, 2.75) is 19.5 Å². The van der Waals surface area contributed by atoms with Gasteiger partial charge in [-0.05, 0) is 41.6 Å². The second-order valence-corrected chi connectivity index (χ2v) is 6.67. The maximum absolute atomic E-state index is 12.6. The maximum Gasteiger partial charge on any atom is 0.368 e. The summed E-state index contributed by atoms with van der Waals surface area (Å²) in [7, 11) is 0. The van der Waals surface area contributed by atoms with Gasteiger partial charge in [0, 0.05) is 6.54 Å². The van der Waals surface area contributed by atoms with Crippen molar-refractivity contribution in [1.29, 1.82) is 0 Å². The number of aromatic nitrogens is 6. The first-order valence-electron chi connectivity index (χ1n) is 9.38. The summed E-state index contributed by atoms with van der Waals surface area (Å²) >= 11 is 0. The smallest absolute Gasteiger partial charge is 0.352 e. The standard InChI is InChI=1S/C20H19N7O3/c1-14(25-13-22-17-10-6-5-9-16(17)19(25)29)18(28)21-11-12-26-20(30)27(24-23-26)15-7-3-2-4-8-15/h2-10,13-14H,11-12H2,1H3,(H,21,28). The number of nitrogens with one attached hydrogen (secondary N) is 1. The molecule has 2 heterocycles. The predicted molar refractivity (Wildman–Crippen MR) is 109 cm³/mol. The number of amides is 1. The fraction of sp³-hybridized carbons (Fsp3) is 0.200. The SMILES string of the molecule is CC(C(=O)NCCn1nnn(-c2ccccc2)c1=O)n1cnc2ccccc2c1=O. The first-order valence-corrected chi connectivity index (χ1v) is 9.38. The molecule has 4 aromatic rings. The van der Waals surface area contributed by atoms with E-state index in [1.807, 2.05) is 6.07 Å². The number of nitrogens with zero attached hydrogens (tertiary/aromatic N) is 6. The zero-order valence-electron chi connectivity index (χ0n) is 16.2.